The predicted octanol–water partition coefficient (Wildman–Crippen LogP) is 1.53. The molecule has 4 heteroatoms. The van der Waals surface area contributed by atoms with Gasteiger partial charge in [0.15, 0.2) is 0 Å². The second-order valence-electron chi connectivity index (χ2n) is 2.76. The Hall–Kier alpha value is -1.73. The summed E-state index contributed by atoms with van der Waals surface area (Å²) < 4.78 is 0. The molecule has 1 rings (SSSR count). The zero-order valence-corrected chi connectivity index (χ0v) is 8.32. The van der Waals surface area contributed by atoms with E-state index in [-0.39, 0.29) is 0 Å². The van der Waals surface area contributed by atoms with Gasteiger partial charge < -0.3 is 5.73 Å². The number of nitrogens with two attached hydrogens (primary N) is 1. The Kier molecular flexibility index (Phi) is 3.32. The van der Waals surface area contributed by atoms with Crippen LogP contribution in [0.25, 0.3) is 0 Å². The minimum absolute atomic E-state index is 0.574. The second kappa shape index (κ2) is 4.49. The van der Waals surface area contributed by atoms with Crippen molar-refractivity contribution >= 4 is 11.4 Å². The summed E-state index contributed by atoms with van der Waals surface area (Å²) in [6, 6.07) is 7.16. The highest BCUT2D eigenvalue weighted by Crippen LogP contribution is 2.24. The van der Waals surface area contributed by atoms with Crippen LogP contribution in [-0.2, 0) is 4.84 Å². The lowest BCUT2D eigenvalue weighted by molar-refractivity contribution is 0.171. The fourth-order valence-electron chi connectivity index (χ4n) is 1.23. The Balaban J connectivity index is 3.12. The molecule has 0 unspecified atom stereocenters. The van der Waals surface area contributed by atoms with E-state index in [1.54, 1.807) is 30.4 Å². The molecule has 0 aliphatic heterocycles. The highest BCUT2D eigenvalue weighted by molar-refractivity contribution is 5.68. The molecule has 0 aliphatic rings. The first-order valence-corrected chi connectivity index (χ1v) is 4.34. The van der Waals surface area contributed by atoms with Crippen LogP contribution in [0.2, 0.25) is 0 Å². The average Bonchev–Trinajstić information content (AvgIpc) is 2.22. The van der Waals surface area contributed by atoms with Crippen LogP contribution >= 0.6 is 0 Å². The lowest BCUT2D eigenvalue weighted by Gasteiger charge is -2.21. The zero-order chi connectivity index (χ0) is 10.6. The van der Waals surface area contributed by atoms with Crippen molar-refractivity contribution in [1.29, 1.82) is 5.26 Å². The molecule has 2 N–H and O–H groups in total. The van der Waals surface area contributed by atoms with Gasteiger partial charge in [0.25, 0.3) is 0 Å². The van der Waals surface area contributed by atoms with E-state index in [0.717, 1.165) is 5.69 Å². The quantitative estimate of drug-likeness (QED) is 0.581. The van der Waals surface area contributed by atoms with Crippen LogP contribution in [0.3, 0.4) is 0 Å². The van der Waals surface area contributed by atoms with Gasteiger partial charge in [-0.05, 0) is 25.1 Å². The van der Waals surface area contributed by atoms with Crippen molar-refractivity contribution in [3.8, 4) is 6.07 Å². The molecular weight excluding hydrogens is 178 g/mol. The molecule has 0 aliphatic carbocycles. The molecule has 0 saturated heterocycles. The maximum atomic E-state index is 8.73. The summed E-state index contributed by atoms with van der Waals surface area (Å²) in [4.78, 5) is 5.11. The minimum Gasteiger partial charge on any atom is -0.397 e. The normalized spacial score (nSPS) is 9.50. The molecule has 74 valence electrons. The van der Waals surface area contributed by atoms with Crippen LogP contribution in [0.1, 0.15) is 12.5 Å². The number of rotatable bonds is 3. The summed E-state index contributed by atoms with van der Waals surface area (Å²) in [5.41, 5.74) is 7.67. The summed E-state index contributed by atoms with van der Waals surface area (Å²) in [6.07, 6.45) is 0. The molecule has 0 atom stereocenters. The molecule has 1 aromatic rings. The fourth-order valence-corrected chi connectivity index (χ4v) is 1.23. The van der Waals surface area contributed by atoms with Crippen LogP contribution in [0.5, 0.6) is 0 Å². The van der Waals surface area contributed by atoms with E-state index in [1.807, 2.05) is 6.92 Å². The van der Waals surface area contributed by atoms with Gasteiger partial charge in [-0.25, -0.2) is 0 Å². The van der Waals surface area contributed by atoms with Gasteiger partial charge in [0.05, 0.1) is 30.1 Å². The molecule has 0 heterocycles. The molecule has 14 heavy (non-hydrogen) atoms. The molecular formula is C10H13N3O. The first-order valence-electron chi connectivity index (χ1n) is 4.34. The van der Waals surface area contributed by atoms with Gasteiger partial charge in [0.2, 0.25) is 0 Å². The van der Waals surface area contributed by atoms with E-state index >= 15 is 0 Å². The molecule has 0 saturated carbocycles. The maximum Gasteiger partial charge on any atom is 0.0992 e. The molecule has 0 amide bonds. The van der Waals surface area contributed by atoms with Gasteiger partial charge in [0, 0.05) is 6.54 Å². The van der Waals surface area contributed by atoms with E-state index in [9.17, 15) is 0 Å². The fraction of sp³-hybridized carbons (Fsp3) is 0.300. The third-order valence-corrected chi connectivity index (χ3v) is 1.94. The van der Waals surface area contributed by atoms with Crippen LogP contribution in [0.4, 0.5) is 11.4 Å². The smallest absolute Gasteiger partial charge is 0.0992 e. The average molecular weight is 191 g/mol. The Morgan fingerprint density at radius 1 is 1.57 bits per heavy atom. The number of anilines is 2. The van der Waals surface area contributed by atoms with Crippen molar-refractivity contribution < 1.29 is 4.84 Å². The van der Waals surface area contributed by atoms with Crippen molar-refractivity contribution in [3.05, 3.63) is 23.8 Å². The largest absolute Gasteiger partial charge is 0.397 e. The SMILES string of the molecule is CCN(OC)c1cc(C#N)ccc1N. The second-order valence-corrected chi connectivity index (χ2v) is 2.76. The monoisotopic (exact) mass is 191 g/mol. The van der Waals surface area contributed by atoms with Crippen LogP contribution in [0.15, 0.2) is 18.2 Å². The predicted molar refractivity (Wildman–Crippen MR) is 55.6 cm³/mol. The van der Waals surface area contributed by atoms with E-state index < -0.39 is 0 Å². The Morgan fingerprint density at radius 3 is 2.79 bits per heavy atom. The number of hydrogen-bond acceptors (Lipinski definition) is 4. The number of hydrogen-bond donors (Lipinski definition) is 1. The number of hydroxylamine groups is 1. The third kappa shape index (κ3) is 1.95. The molecule has 4 nitrogen and oxygen atoms in total. The van der Waals surface area contributed by atoms with Crippen molar-refractivity contribution in [2.24, 2.45) is 0 Å². The van der Waals surface area contributed by atoms with Crippen LogP contribution in [-0.4, -0.2) is 13.7 Å². The summed E-state index contributed by atoms with van der Waals surface area (Å²) in [5.74, 6) is 0. The molecule has 0 aromatic heterocycles. The standard InChI is InChI=1S/C10H13N3O/c1-3-13(14-2)10-6-8(7-11)4-5-9(10)12/h4-6H,3,12H2,1-2H3. The van der Waals surface area contributed by atoms with E-state index in [1.165, 1.54) is 0 Å². The minimum atomic E-state index is 0.574. The van der Waals surface area contributed by atoms with E-state index in [4.69, 9.17) is 15.8 Å². The Labute approximate surface area is 83.5 Å². The third-order valence-electron chi connectivity index (χ3n) is 1.94. The van der Waals surface area contributed by atoms with Gasteiger partial charge >= 0.3 is 0 Å². The highest BCUT2D eigenvalue weighted by atomic mass is 16.7. The summed E-state index contributed by atoms with van der Waals surface area (Å²) in [6.45, 7) is 2.62. The van der Waals surface area contributed by atoms with Gasteiger partial charge in [-0.15, -0.1) is 0 Å². The molecule has 0 fully saturated rings. The summed E-state index contributed by atoms with van der Waals surface area (Å²) in [7, 11) is 1.57. The maximum absolute atomic E-state index is 8.73. The highest BCUT2D eigenvalue weighted by Gasteiger charge is 2.07. The van der Waals surface area contributed by atoms with Crippen molar-refractivity contribution in [1.82, 2.24) is 0 Å². The number of nitrogens with zero attached hydrogens (tertiary/aromatic N) is 2. The topological polar surface area (TPSA) is 62.3 Å². The molecule has 0 bridgehead atoms. The summed E-state index contributed by atoms with van der Waals surface area (Å²) >= 11 is 0. The van der Waals surface area contributed by atoms with Gasteiger partial charge in [-0.1, -0.05) is 0 Å². The van der Waals surface area contributed by atoms with Gasteiger partial charge in [-0.3, -0.25) is 9.90 Å². The van der Waals surface area contributed by atoms with Crippen LogP contribution < -0.4 is 10.8 Å². The number of nitriles is 1. The molecule has 0 spiro atoms. The van der Waals surface area contributed by atoms with Crippen LogP contribution in [0, 0.1) is 11.3 Å². The van der Waals surface area contributed by atoms with Gasteiger partial charge in [0.1, 0.15) is 0 Å². The van der Waals surface area contributed by atoms with Gasteiger partial charge in [-0.2, -0.15) is 5.26 Å². The van der Waals surface area contributed by atoms with Crippen molar-refractivity contribution in [3.63, 3.8) is 0 Å². The summed E-state index contributed by atoms with van der Waals surface area (Å²) in [5, 5.41) is 10.4. The van der Waals surface area contributed by atoms with Crippen molar-refractivity contribution in [2.75, 3.05) is 24.5 Å². The zero-order valence-electron chi connectivity index (χ0n) is 8.32. The molecule has 0 radical (unpaired) electrons. The first-order chi connectivity index (χ1) is 6.72. The molecule has 1 aromatic carbocycles. The number of benzene rings is 1. The number of nitrogen functional groups attached to an aromatic ring is 1. The lowest BCUT2D eigenvalue weighted by atomic mass is 10.2. The van der Waals surface area contributed by atoms with Crippen molar-refractivity contribution in [2.45, 2.75) is 6.92 Å². The lowest BCUT2D eigenvalue weighted by Crippen LogP contribution is -2.22. The Morgan fingerprint density at radius 2 is 2.29 bits per heavy atom. The van der Waals surface area contributed by atoms with E-state index in [2.05, 4.69) is 6.07 Å². The first kappa shape index (κ1) is 10.4. The van der Waals surface area contributed by atoms with E-state index in [0.29, 0.717) is 17.8 Å². The Bertz CT molecular complexity index is 353.